The van der Waals surface area contributed by atoms with Crippen LogP contribution >= 0.6 is 0 Å². The van der Waals surface area contributed by atoms with Crippen molar-refractivity contribution >= 4 is 21.1 Å². The Bertz CT molecular complexity index is 1180. The number of hydrogen-bond donors (Lipinski definition) is 2. The number of H-pyrrole nitrogens is 1. The molecule has 2 N–H and O–H groups in total. The average Bonchev–Trinajstić information content (AvgIpc) is 3.16. The largest absolute Gasteiger partial charge is 0.346 e. The Morgan fingerprint density at radius 1 is 0.923 bits per heavy atom. The molecule has 4 aromatic rings. The molecule has 2 aromatic heterocycles. The number of halogens is 1. The van der Waals surface area contributed by atoms with Crippen LogP contribution in [0.4, 0.5) is 4.48 Å². The monoisotopic (exact) mass is 367 g/mol. The van der Waals surface area contributed by atoms with Gasteiger partial charge in [-0.15, -0.1) is 4.48 Å². The first-order valence-electron chi connectivity index (χ1n) is 7.84. The van der Waals surface area contributed by atoms with Crippen LogP contribution in [-0.2, 0) is 10.0 Å². The minimum absolute atomic E-state index is 0.106. The third kappa shape index (κ3) is 2.87. The molecule has 7 heteroatoms. The number of aromatic amines is 1. The van der Waals surface area contributed by atoms with Gasteiger partial charge in [0.15, 0.2) is 0 Å². The first-order valence-corrected chi connectivity index (χ1v) is 9.32. The lowest BCUT2D eigenvalue weighted by molar-refractivity contribution is 0.425. The minimum Gasteiger partial charge on any atom is -0.346 e. The molecule has 0 atom stereocenters. The van der Waals surface area contributed by atoms with Gasteiger partial charge in [0.05, 0.1) is 4.90 Å². The first-order chi connectivity index (χ1) is 12.6. The quantitative estimate of drug-likeness (QED) is 0.534. The van der Waals surface area contributed by atoms with Crippen molar-refractivity contribution in [1.29, 1.82) is 0 Å². The second-order valence-electron chi connectivity index (χ2n) is 5.79. The van der Waals surface area contributed by atoms with Gasteiger partial charge in [-0.3, -0.25) is 0 Å². The average molecular weight is 367 g/mol. The van der Waals surface area contributed by atoms with Crippen molar-refractivity contribution in [1.82, 2.24) is 14.9 Å². The van der Waals surface area contributed by atoms with Gasteiger partial charge in [-0.2, -0.15) is 0 Å². The molecule has 130 valence electrons. The fraction of sp³-hybridized carbons (Fsp3) is 0. The van der Waals surface area contributed by atoms with Crippen LogP contribution in [0.25, 0.3) is 33.3 Å². The van der Waals surface area contributed by atoms with E-state index in [2.05, 4.69) is 9.97 Å². The van der Waals surface area contributed by atoms with Crippen molar-refractivity contribution in [3.05, 3.63) is 73.1 Å². The van der Waals surface area contributed by atoms with Gasteiger partial charge in [-0.05, 0) is 34.3 Å². The topological polar surface area (TPSA) is 74.8 Å². The maximum Gasteiger partial charge on any atom is 0.267 e. The predicted octanol–water partition coefficient (Wildman–Crippen LogP) is 4.06. The molecule has 0 fully saturated rings. The maximum absolute atomic E-state index is 12.7. The summed E-state index contributed by atoms with van der Waals surface area (Å²) >= 11 is 0. The van der Waals surface area contributed by atoms with E-state index in [1.165, 1.54) is 6.07 Å². The summed E-state index contributed by atoms with van der Waals surface area (Å²) in [5.41, 5.74) is 3.84. The number of nitrogens with zero attached hydrogens (tertiary/aromatic N) is 1. The van der Waals surface area contributed by atoms with Crippen molar-refractivity contribution in [3.63, 3.8) is 0 Å². The number of pyridine rings is 1. The predicted molar refractivity (Wildman–Crippen MR) is 98.4 cm³/mol. The molecule has 2 heterocycles. The molecule has 2 aromatic carbocycles. The number of benzene rings is 2. The Labute approximate surface area is 149 Å². The Morgan fingerprint density at radius 2 is 1.65 bits per heavy atom. The van der Waals surface area contributed by atoms with Crippen LogP contribution in [0, 0.1) is 0 Å². The van der Waals surface area contributed by atoms with E-state index in [9.17, 15) is 12.9 Å². The molecule has 0 saturated carbocycles. The molecule has 0 aliphatic carbocycles. The van der Waals surface area contributed by atoms with Gasteiger partial charge in [-0.25, -0.2) is 13.4 Å². The summed E-state index contributed by atoms with van der Waals surface area (Å²) in [4.78, 5) is 8.20. The van der Waals surface area contributed by atoms with Crippen molar-refractivity contribution in [2.75, 3.05) is 0 Å². The van der Waals surface area contributed by atoms with E-state index in [0.29, 0.717) is 11.1 Å². The molecule has 0 spiro atoms. The molecule has 5 nitrogen and oxygen atoms in total. The van der Waals surface area contributed by atoms with Crippen LogP contribution in [0.5, 0.6) is 0 Å². The molecule has 0 amide bonds. The highest BCUT2D eigenvalue weighted by Gasteiger charge is 2.18. The van der Waals surface area contributed by atoms with Gasteiger partial charge in [0.1, 0.15) is 5.65 Å². The normalized spacial score (nSPS) is 11.7. The third-order valence-electron chi connectivity index (χ3n) is 4.21. The smallest absolute Gasteiger partial charge is 0.267 e. The van der Waals surface area contributed by atoms with Gasteiger partial charge in [-0.1, -0.05) is 42.5 Å². The number of fused-ring (bicyclic) bond motifs is 1. The van der Waals surface area contributed by atoms with Gasteiger partial charge < -0.3 is 4.98 Å². The molecular formula is C19H14FN3O2S. The van der Waals surface area contributed by atoms with Crippen LogP contribution in [0.15, 0.2) is 78.0 Å². The zero-order chi connectivity index (χ0) is 18.1. The van der Waals surface area contributed by atoms with Crippen molar-refractivity contribution in [2.45, 2.75) is 4.90 Å². The van der Waals surface area contributed by atoms with Crippen LogP contribution in [-0.4, -0.2) is 18.4 Å². The fourth-order valence-corrected chi connectivity index (χ4v) is 3.74. The molecule has 0 unspecified atom stereocenters. The molecule has 26 heavy (non-hydrogen) atoms. The van der Waals surface area contributed by atoms with Gasteiger partial charge in [0.25, 0.3) is 10.0 Å². The van der Waals surface area contributed by atoms with Crippen molar-refractivity contribution < 1.29 is 12.9 Å². The Kier molecular flexibility index (Phi) is 4.02. The van der Waals surface area contributed by atoms with Crippen LogP contribution in [0.3, 0.4) is 0 Å². The summed E-state index contributed by atoms with van der Waals surface area (Å²) in [7, 11) is -4.19. The van der Waals surface area contributed by atoms with Gasteiger partial charge in [0, 0.05) is 28.9 Å². The van der Waals surface area contributed by atoms with E-state index in [1.54, 1.807) is 24.4 Å². The minimum atomic E-state index is -4.19. The van der Waals surface area contributed by atoms with Gasteiger partial charge >= 0.3 is 0 Å². The summed E-state index contributed by atoms with van der Waals surface area (Å²) in [5.74, 6) is 0. The highest BCUT2D eigenvalue weighted by Crippen LogP contribution is 2.30. The lowest BCUT2D eigenvalue weighted by Gasteiger charge is -2.09. The van der Waals surface area contributed by atoms with E-state index in [1.807, 2.05) is 42.6 Å². The second kappa shape index (κ2) is 6.36. The number of nitrogens with one attached hydrogen (secondary N) is 2. The molecular weight excluding hydrogens is 353 g/mol. The highest BCUT2D eigenvalue weighted by atomic mass is 32.2. The second-order valence-corrected chi connectivity index (χ2v) is 7.39. The standard InChI is InChI=1S/C19H14FN3O2S/c20-23-26(24,25)18-4-2-1-3-17(18)14-7-5-13(6-8-14)16-11-15-9-10-21-19(15)22-12-16/h1-12,23H,(H,21,22). The van der Waals surface area contributed by atoms with Crippen LogP contribution < -0.4 is 4.94 Å². The molecule has 0 aliphatic heterocycles. The summed E-state index contributed by atoms with van der Waals surface area (Å²) in [5, 5.41) is 1.01. The third-order valence-corrected chi connectivity index (χ3v) is 5.35. The molecule has 0 bridgehead atoms. The first kappa shape index (κ1) is 16.4. The molecule has 0 aliphatic rings. The zero-order valence-electron chi connectivity index (χ0n) is 13.5. The molecule has 0 radical (unpaired) electrons. The summed E-state index contributed by atoms with van der Waals surface area (Å²) in [6.07, 6.45) is 3.61. The number of sulfonamides is 1. The van der Waals surface area contributed by atoms with Crippen LogP contribution in [0.1, 0.15) is 0 Å². The van der Waals surface area contributed by atoms with E-state index >= 15 is 0 Å². The number of aromatic nitrogens is 2. The maximum atomic E-state index is 12.7. The molecule has 4 rings (SSSR count). The fourth-order valence-electron chi connectivity index (χ4n) is 2.92. The lowest BCUT2D eigenvalue weighted by atomic mass is 10.0. The summed E-state index contributed by atoms with van der Waals surface area (Å²) in [6, 6.07) is 17.6. The van der Waals surface area contributed by atoms with Gasteiger partial charge in [0.2, 0.25) is 0 Å². The Hall–Kier alpha value is -3.03. The van der Waals surface area contributed by atoms with E-state index in [4.69, 9.17) is 0 Å². The lowest BCUT2D eigenvalue weighted by Crippen LogP contribution is -2.15. The van der Waals surface area contributed by atoms with E-state index < -0.39 is 10.0 Å². The number of hydrogen-bond acceptors (Lipinski definition) is 3. The van der Waals surface area contributed by atoms with Crippen molar-refractivity contribution in [2.24, 2.45) is 0 Å². The SMILES string of the molecule is O=S(=O)(NF)c1ccccc1-c1ccc(-c2cnc3[nH]ccc3c2)cc1. The zero-order valence-corrected chi connectivity index (χ0v) is 14.3. The van der Waals surface area contributed by atoms with Crippen LogP contribution in [0.2, 0.25) is 0 Å². The Morgan fingerprint density at radius 3 is 2.42 bits per heavy atom. The highest BCUT2D eigenvalue weighted by molar-refractivity contribution is 7.89. The number of rotatable bonds is 4. The Balaban J connectivity index is 1.75. The van der Waals surface area contributed by atoms with Crippen molar-refractivity contribution in [3.8, 4) is 22.3 Å². The molecule has 0 saturated heterocycles. The van der Waals surface area contributed by atoms with E-state index in [-0.39, 0.29) is 4.90 Å². The van der Waals surface area contributed by atoms with E-state index in [0.717, 1.165) is 27.1 Å². The summed E-state index contributed by atoms with van der Waals surface area (Å²) < 4.78 is 36.5. The summed E-state index contributed by atoms with van der Waals surface area (Å²) in [6.45, 7) is 0.